The Kier molecular flexibility index (Phi) is 9.86. The minimum absolute atomic E-state index is 0.000546. The fraction of sp³-hybridized carbons (Fsp3) is 0.400. The Morgan fingerprint density at radius 2 is 1.77 bits per heavy atom. The summed E-state index contributed by atoms with van der Waals surface area (Å²) in [6.07, 6.45) is 5.13. The average molecular weight is 613 g/mol. The summed E-state index contributed by atoms with van der Waals surface area (Å²) in [5, 5.41) is 15.4. The Bertz CT molecular complexity index is 1450. The van der Waals surface area contributed by atoms with Gasteiger partial charge < -0.3 is 14.7 Å². The highest BCUT2D eigenvalue weighted by Gasteiger charge is 2.37. The molecule has 0 aliphatic carbocycles. The van der Waals surface area contributed by atoms with Crippen molar-refractivity contribution in [2.45, 2.75) is 25.5 Å². The van der Waals surface area contributed by atoms with E-state index in [1.165, 1.54) is 28.3 Å². The lowest BCUT2D eigenvalue weighted by molar-refractivity contribution is -0.122. The van der Waals surface area contributed by atoms with Gasteiger partial charge in [-0.05, 0) is 61.5 Å². The second-order valence-electron chi connectivity index (χ2n) is 10.6. The van der Waals surface area contributed by atoms with Crippen LogP contribution in [0.2, 0.25) is 0 Å². The summed E-state index contributed by atoms with van der Waals surface area (Å²) in [7, 11) is 0. The molecule has 2 amide bonds. The van der Waals surface area contributed by atoms with Gasteiger partial charge in [0.2, 0.25) is 0 Å². The number of halogens is 2. The van der Waals surface area contributed by atoms with Crippen LogP contribution in [-0.4, -0.2) is 98.1 Å². The number of benzene rings is 2. The summed E-state index contributed by atoms with van der Waals surface area (Å²) in [6, 6.07) is 10.5. The van der Waals surface area contributed by atoms with E-state index in [-0.39, 0.29) is 29.8 Å². The largest absolute Gasteiger partial charge is 0.494 e. The molecule has 2 aliphatic rings. The topological polar surface area (TPSA) is 104 Å². The first kappa shape index (κ1) is 30.8. The molecule has 10 nitrogen and oxygen atoms in total. The maximum Gasteiger partial charge on any atom is 0.293 e. The SMILES string of the molecule is CCOc1ccc(C=C2SC(=O)N(CCCN3CCN(CC(O)(Cn4cncn4)c4ccc(F)cc4F)CC3)C2=O)cc1. The van der Waals surface area contributed by atoms with E-state index >= 15 is 0 Å². The summed E-state index contributed by atoms with van der Waals surface area (Å²) in [5.41, 5.74) is -0.832. The zero-order valence-corrected chi connectivity index (χ0v) is 24.7. The van der Waals surface area contributed by atoms with Crippen LogP contribution in [0.5, 0.6) is 5.75 Å². The van der Waals surface area contributed by atoms with Gasteiger partial charge in [-0.25, -0.2) is 18.4 Å². The highest BCUT2D eigenvalue weighted by molar-refractivity contribution is 8.18. The number of ether oxygens (including phenoxy) is 1. The van der Waals surface area contributed by atoms with Gasteiger partial charge in [0.25, 0.3) is 11.1 Å². The molecule has 0 spiro atoms. The Balaban J connectivity index is 1.12. The fourth-order valence-electron chi connectivity index (χ4n) is 5.33. The number of hydrogen-bond donors (Lipinski definition) is 1. The molecule has 13 heteroatoms. The van der Waals surface area contributed by atoms with E-state index in [9.17, 15) is 23.5 Å². The number of carbonyl (C=O) groups is 2. The number of aliphatic hydroxyl groups is 1. The van der Waals surface area contributed by atoms with Gasteiger partial charge in [0.1, 0.15) is 35.6 Å². The predicted octanol–water partition coefficient (Wildman–Crippen LogP) is 3.59. The van der Waals surface area contributed by atoms with Crippen LogP contribution in [0.25, 0.3) is 6.08 Å². The van der Waals surface area contributed by atoms with Gasteiger partial charge in [-0.1, -0.05) is 18.2 Å². The highest BCUT2D eigenvalue weighted by atomic mass is 32.2. The van der Waals surface area contributed by atoms with E-state index < -0.39 is 17.2 Å². The number of nitrogens with zero attached hydrogens (tertiary/aromatic N) is 6. The van der Waals surface area contributed by atoms with Gasteiger partial charge >= 0.3 is 0 Å². The lowest BCUT2D eigenvalue weighted by atomic mass is 9.92. The van der Waals surface area contributed by atoms with Gasteiger partial charge in [0.05, 0.1) is 18.1 Å². The zero-order chi connectivity index (χ0) is 30.4. The van der Waals surface area contributed by atoms with Crippen LogP contribution in [0.4, 0.5) is 13.6 Å². The van der Waals surface area contributed by atoms with Gasteiger partial charge in [-0.15, -0.1) is 0 Å². The van der Waals surface area contributed by atoms with E-state index in [1.807, 2.05) is 36.1 Å². The van der Waals surface area contributed by atoms with Crippen LogP contribution < -0.4 is 4.74 Å². The van der Waals surface area contributed by atoms with E-state index in [1.54, 1.807) is 6.08 Å². The first-order chi connectivity index (χ1) is 20.7. The number of carbonyl (C=O) groups excluding carboxylic acids is 2. The second kappa shape index (κ2) is 13.8. The van der Waals surface area contributed by atoms with Crippen molar-refractivity contribution in [1.82, 2.24) is 29.5 Å². The molecule has 2 saturated heterocycles. The van der Waals surface area contributed by atoms with Crippen molar-refractivity contribution < 1.29 is 28.2 Å². The smallest absolute Gasteiger partial charge is 0.293 e. The number of hydrogen-bond acceptors (Lipinski definition) is 9. The molecule has 1 atom stereocenters. The van der Waals surface area contributed by atoms with Gasteiger partial charge in [0, 0.05) is 50.9 Å². The molecule has 3 aromatic rings. The van der Waals surface area contributed by atoms with Crippen molar-refractivity contribution in [1.29, 1.82) is 0 Å². The zero-order valence-electron chi connectivity index (χ0n) is 23.9. The van der Waals surface area contributed by atoms with Crippen LogP contribution >= 0.6 is 11.8 Å². The van der Waals surface area contributed by atoms with Gasteiger partial charge in [-0.3, -0.25) is 19.4 Å². The third-order valence-corrected chi connectivity index (χ3v) is 8.40. The first-order valence-electron chi connectivity index (χ1n) is 14.2. The van der Waals surface area contributed by atoms with Crippen molar-refractivity contribution in [2.75, 3.05) is 52.4 Å². The number of imide groups is 1. The van der Waals surface area contributed by atoms with Crippen molar-refractivity contribution >= 4 is 29.0 Å². The lowest BCUT2D eigenvalue weighted by Gasteiger charge is -2.39. The van der Waals surface area contributed by atoms with Gasteiger partial charge in [0.15, 0.2) is 0 Å². The maximum absolute atomic E-state index is 14.8. The molecule has 3 heterocycles. The standard InChI is InChI=1S/C30H34F2N6O4S/c1-2-42-24-7-4-22(5-8-24)16-27-28(39)38(29(40)43-27)11-3-10-35-12-14-36(15-13-35)18-30(41,19-37-21-33-20-34-37)25-9-6-23(31)17-26(25)32/h4-9,16-17,20-21,41H,2-3,10-15,18-19H2,1H3. The molecule has 0 radical (unpaired) electrons. The van der Waals surface area contributed by atoms with Crippen LogP contribution in [-0.2, 0) is 16.9 Å². The summed E-state index contributed by atoms with van der Waals surface area (Å²) in [6.45, 7) is 6.23. The molecule has 2 aliphatic heterocycles. The highest BCUT2D eigenvalue weighted by Crippen LogP contribution is 2.33. The number of piperazine rings is 1. The number of thioether (sulfide) groups is 1. The Morgan fingerprint density at radius 1 is 1.02 bits per heavy atom. The van der Waals surface area contributed by atoms with Crippen molar-refractivity contribution in [3.8, 4) is 5.75 Å². The molecule has 2 fully saturated rings. The molecule has 1 aromatic heterocycles. The second-order valence-corrected chi connectivity index (χ2v) is 11.5. The van der Waals surface area contributed by atoms with Crippen LogP contribution in [0, 0.1) is 11.6 Å². The third-order valence-electron chi connectivity index (χ3n) is 7.49. The van der Waals surface area contributed by atoms with Crippen LogP contribution in [0.1, 0.15) is 24.5 Å². The van der Waals surface area contributed by atoms with E-state index in [0.29, 0.717) is 57.2 Å². The van der Waals surface area contributed by atoms with E-state index in [4.69, 9.17) is 4.74 Å². The molecule has 0 bridgehead atoms. The Labute approximate surface area is 252 Å². The predicted molar refractivity (Wildman–Crippen MR) is 158 cm³/mol. The number of β-amino-alcohol motifs (C(OH)–C–C–N with tert-alkyl or cyclic N) is 1. The first-order valence-corrected chi connectivity index (χ1v) is 15.0. The van der Waals surface area contributed by atoms with Crippen LogP contribution in [0.15, 0.2) is 60.0 Å². The van der Waals surface area contributed by atoms with Crippen LogP contribution in [0.3, 0.4) is 0 Å². The monoisotopic (exact) mass is 612 g/mol. The summed E-state index contributed by atoms with van der Waals surface area (Å²) in [4.78, 5) is 35.3. The molecule has 1 N–H and O–H groups in total. The quantitative estimate of drug-likeness (QED) is 0.308. The molecule has 1 unspecified atom stereocenters. The summed E-state index contributed by atoms with van der Waals surface area (Å²) < 4.78 is 35.2. The molecule has 228 valence electrons. The molecule has 2 aromatic carbocycles. The van der Waals surface area contributed by atoms with Crippen molar-refractivity contribution in [2.24, 2.45) is 0 Å². The molecular formula is C30H34F2N6O4S. The lowest BCUT2D eigenvalue weighted by Crippen LogP contribution is -2.52. The number of rotatable bonds is 12. The number of amides is 2. The molecular weight excluding hydrogens is 578 g/mol. The van der Waals surface area contributed by atoms with Crippen molar-refractivity contribution in [3.05, 3.63) is 82.8 Å². The Morgan fingerprint density at radius 3 is 2.44 bits per heavy atom. The Hall–Kier alpha value is -3.65. The molecule has 5 rings (SSSR count). The summed E-state index contributed by atoms with van der Waals surface area (Å²) in [5.74, 6) is -1.07. The molecule has 0 saturated carbocycles. The summed E-state index contributed by atoms with van der Waals surface area (Å²) >= 11 is 0.949. The fourth-order valence-corrected chi connectivity index (χ4v) is 6.20. The normalized spacial score (nSPS) is 18.9. The minimum atomic E-state index is -1.65. The number of aromatic nitrogens is 3. The average Bonchev–Trinajstić information content (AvgIpc) is 3.58. The minimum Gasteiger partial charge on any atom is -0.494 e. The maximum atomic E-state index is 14.8. The van der Waals surface area contributed by atoms with E-state index in [0.717, 1.165) is 35.2 Å². The van der Waals surface area contributed by atoms with Gasteiger partial charge in [-0.2, -0.15) is 5.10 Å². The van der Waals surface area contributed by atoms with E-state index in [2.05, 4.69) is 15.0 Å². The van der Waals surface area contributed by atoms with Crippen molar-refractivity contribution in [3.63, 3.8) is 0 Å². The molecule has 43 heavy (non-hydrogen) atoms. The third kappa shape index (κ3) is 7.66.